The van der Waals surface area contributed by atoms with Crippen LogP contribution >= 0.6 is 15.2 Å². The van der Waals surface area contributed by atoms with Gasteiger partial charge in [0.25, 0.3) is 0 Å². The zero-order chi connectivity index (χ0) is 13.0. The van der Waals surface area contributed by atoms with Gasteiger partial charge in [-0.05, 0) is 6.92 Å². The summed E-state index contributed by atoms with van der Waals surface area (Å²) < 4.78 is 42.7. The number of carbonyl (C=O) groups is 1. The van der Waals surface area contributed by atoms with Crippen molar-refractivity contribution in [1.82, 2.24) is 0 Å². The van der Waals surface area contributed by atoms with Crippen molar-refractivity contribution in [1.29, 1.82) is 0 Å². The van der Waals surface area contributed by atoms with Crippen molar-refractivity contribution >= 4 is 21.0 Å². The highest BCUT2D eigenvalue weighted by molar-refractivity contribution is 7.74. The minimum absolute atomic E-state index is 0.654. The number of carbonyl (C=O) groups excluding carboxylic acids is 1. The first kappa shape index (κ1) is 16.0. The Hall–Kier alpha value is -0.0300. The van der Waals surface area contributed by atoms with Gasteiger partial charge in [0.1, 0.15) is 0 Å². The minimum Gasteiger partial charge on any atom is -0.311 e. The number of rotatable bonds is 7. The van der Waals surface area contributed by atoms with E-state index >= 15 is 0 Å². The molecule has 0 aromatic carbocycles. The Bertz CT molecular complexity index is 298. The van der Waals surface area contributed by atoms with Crippen molar-refractivity contribution in [3.05, 3.63) is 0 Å². The fourth-order valence-electron chi connectivity index (χ4n) is 1.17. The third-order valence-electron chi connectivity index (χ3n) is 1.98. The largest absolute Gasteiger partial charge is 0.352 e. The van der Waals surface area contributed by atoms with E-state index in [1.54, 1.807) is 0 Å². The molecule has 0 N–H and O–H groups in total. The maximum absolute atomic E-state index is 12.1. The van der Waals surface area contributed by atoms with Gasteiger partial charge in [0.2, 0.25) is 5.40 Å². The van der Waals surface area contributed by atoms with Gasteiger partial charge >= 0.3 is 15.2 Å². The van der Waals surface area contributed by atoms with Crippen LogP contribution in [0, 0.1) is 0 Å². The van der Waals surface area contributed by atoms with E-state index in [9.17, 15) is 13.9 Å². The van der Waals surface area contributed by atoms with E-state index in [0.29, 0.717) is 0 Å². The van der Waals surface area contributed by atoms with E-state index in [2.05, 4.69) is 18.1 Å². The van der Waals surface area contributed by atoms with Crippen molar-refractivity contribution in [3.8, 4) is 0 Å². The molecule has 0 aliphatic rings. The van der Waals surface area contributed by atoms with E-state index in [0.717, 1.165) is 35.4 Å². The molecule has 0 atom stereocenters. The van der Waals surface area contributed by atoms with Crippen molar-refractivity contribution in [2.75, 3.05) is 28.4 Å². The summed E-state index contributed by atoms with van der Waals surface area (Å²) >= 11 is 0. The molecular formula is C7H16O7P2. The molecule has 7 nitrogen and oxygen atoms in total. The molecule has 0 aliphatic carbocycles. The fraction of sp³-hybridized carbons (Fsp3) is 0.857. The molecule has 0 heterocycles. The molecular weight excluding hydrogens is 258 g/mol. The van der Waals surface area contributed by atoms with E-state index in [-0.39, 0.29) is 0 Å². The van der Waals surface area contributed by atoms with Crippen molar-refractivity contribution in [3.63, 3.8) is 0 Å². The third-order valence-corrected chi connectivity index (χ3v) is 7.64. The Morgan fingerprint density at radius 3 is 1.25 bits per heavy atom. The lowest BCUT2D eigenvalue weighted by Gasteiger charge is -2.26. The number of hydrogen-bond donors (Lipinski definition) is 0. The SMILES string of the molecule is COP(=O)(OC)C(C(C)=O)P(=O)(OC)OC. The standard InChI is InChI=1S/C7H16O7P2/c1-6(8)7(15(9,11-2)12-3)16(10,13-4)14-5/h7H,1-5H3. The quantitative estimate of drug-likeness (QED) is 0.655. The van der Waals surface area contributed by atoms with Gasteiger partial charge < -0.3 is 18.1 Å². The van der Waals surface area contributed by atoms with Gasteiger partial charge in [-0.1, -0.05) is 0 Å². The summed E-state index contributed by atoms with van der Waals surface area (Å²) in [7, 11) is -3.36. The molecule has 0 aromatic heterocycles. The van der Waals surface area contributed by atoms with Crippen LogP contribution in [0.2, 0.25) is 0 Å². The predicted octanol–water partition coefficient (Wildman–Crippen LogP) is 1.87. The number of Topliss-reactive ketones (excluding diaryl/α,β-unsaturated/α-hetero) is 1. The number of hydrogen-bond acceptors (Lipinski definition) is 7. The summed E-state index contributed by atoms with van der Waals surface area (Å²) in [5.41, 5.74) is 0. The zero-order valence-corrected chi connectivity index (χ0v) is 11.6. The summed E-state index contributed by atoms with van der Waals surface area (Å²) in [5, 5.41) is -1.58. The van der Waals surface area contributed by atoms with Crippen LogP contribution in [-0.2, 0) is 32.0 Å². The highest BCUT2D eigenvalue weighted by Gasteiger charge is 2.52. The van der Waals surface area contributed by atoms with E-state index in [1.807, 2.05) is 0 Å². The Labute approximate surface area is 94.5 Å². The summed E-state index contributed by atoms with van der Waals surface area (Å²) in [5.74, 6) is -0.654. The molecule has 0 aromatic rings. The topological polar surface area (TPSA) is 88.1 Å². The Kier molecular flexibility index (Phi) is 6.04. The van der Waals surface area contributed by atoms with Crippen LogP contribution in [0.4, 0.5) is 0 Å². The minimum atomic E-state index is -3.86. The summed E-state index contributed by atoms with van der Waals surface area (Å²) in [6, 6.07) is 0. The molecule has 9 heteroatoms. The molecule has 0 rings (SSSR count). The maximum atomic E-state index is 12.1. The first-order valence-electron chi connectivity index (χ1n) is 4.24. The average Bonchev–Trinajstić information content (AvgIpc) is 2.28. The van der Waals surface area contributed by atoms with Crippen LogP contribution in [0.5, 0.6) is 0 Å². The molecule has 0 radical (unpaired) electrons. The Morgan fingerprint density at radius 2 is 1.12 bits per heavy atom. The molecule has 16 heavy (non-hydrogen) atoms. The highest BCUT2D eigenvalue weighted by Crippen LogP contribution is 2.69. The number of ketones is 1. The second-order valence-electron chi connectivity index (χ2n) is 2.79. The molecule has 0 fully saturated rings. The van der Waals surface area contributed by atoms with Gasteiger partial charge in [0.05, 0.1) is 0 Å². The van der Waals surface area contributed by atoms with Crippen LogP contribution in [-0.4, -0.2) is 39.6 Å². The highest BCUT2D eigenvalue weighted by atomic mass is 31.2. The summed E-state index contributed by atoms with van der Waals surface area (Å²) in [6.45, 7) is 1.11. The lowest BCUT2D eigenvalue weighted by Crippen LogP contribution is -2.22. The van der Waals surface area contributed by atoms with Gasteiger partial charge in [-0.25, -0.2) is 0 Å². The van der Waals surface area contributed by atoms with Gasteiger partial charge in [-0.2, -0.15) is 0 Å². The second-order valence-corrected chi connectivity index (χ2v) is 7.85. The fourth-order valence-corrected chi connectivity index (χ4v) is 5.67. The van der Waals surface area contributed by atoms with Gasteiger partial charge in [0.15, 0.2) is 5.78 Å². The van der Waals surface area contributed by atoms with Crippen LogP contribution in [0.25, 0.3) is 0 Å². The first-order valence-corrected chi connectivity index (χ1v) is 7.46. The smallest absolute Gasteiger partial charge is 0.311 e. The molecule has 0 saturated heterocycles. The third kappa shape index (κ3) is 3.00. The summed E-state index contributed by atoms with van der Waals surface area (Å²) in [6.07, 6.45) is 0. The molecule has 0 spiro atoms. The van der Waals surface area contributed by atoms with Crippen molar-refractivity contribution in [2.24, 2.45) is 0 Å². The average molecular weight is 274 g/mol. The normalized spacial score (nSPS) is 13.1. The van der Waals surface area contributed by atoms with Crippen molar-refractivity contribution in [2.45, 2.75) is 12.3 Å². The molecule has 0 aliphatic heterocycles. The zero-order valence-electron chi connectivity index (χ0n) is 9.83. The lowest BCUT2D eigenvalue weighted by molar-refractivity contribution is -0.115. The monoisotopic (exact) mass is 274 g/mol. The van der Waals surface area contributed by atoms with Crippen LogP contribution < -0.4 is 0 Å². The second kappa shape index (κ2) is 6.05. The van der Waals surface area contributed by atoms with E-state index in [1.165, 1.54) is 0 Å². The van der Waals surface area contributed by atoms with Crippen LogP contribution in [0.15, 0.2) is 0 Å². The maximum Gasteiger partial charge on any atom is 0.352 e. The van der Waals surface area contributed by atoms with Gasteiger partial charge in [-0.3, -0.25) is 13.9 Å². The van der Waals surface area contributed by atoms with E-state index < -0.39 is 26.4 Å². The van der Waals surface area contributed by atoms with Crippen LogP contribution in [0.1, 0.15) is 6.92 Å². The van der Waals surface area contributed by atoms with Gasteiger partial charge in [0, 0.05) is 28.4 Å². The molecule has 0 bridgehead atoms. The Morgan fingerprint density at radius 1 is 0.875 bits per heavy atom. The first-order chi connectivity index (χ1) is 7.31. The summed E-state index contributed by atoms with van der Waals surface area (Å²) in [4.78, 5) is 11.4. The predicted molar refractivity (Wildman–Crippen MR) is 57.7 cm³/mol. The molecule has 0 saturated carbocycles. The van der Waals surface area contributed by atoms with E-state index in [4.69, 9.17) is 0 Å². The molecule has 0 unspecified atom stereocenters. The Balaban J connectivity index is 5.57. The molecule has 0 amide bonds. The molecule has 96 valence electrons. The van der Waals surface area contributed by atoms with Crippen molar-refractivity contribution < 1.29 is 32.0 Å². The van der Waals surface area contributed by atoms with Crippen LogP contribution in [0.3, 0.4) is 0 Å². The van der Waals surface area contributed by atoms with Gasteiger partial charge in [-0.15, -0.1) is 0 Å². The lowest BCUT2D eigenvalue weighted by atomic mass is 10.5.